The van der Waals surface area contributed by atoms with E-state index in [1.54, 1.807) is 7.11 Å². The zero-order valence-electron chi connectivity index (χ0n) is 12.4. The van der Waals surface area contributed by atoms with E-state index in [-0.39, 0.29) is 23.7 Å². The Morgan fingerprint density at radius 2 is 1.90 bits per heavy atom. The van der Waals surface area contributed by atoms with Crippen LogP contribution in [0.3, 0.4) is 0 Å². The molecule has 0 aliphatic heterocycles. The molecule has 0 atom stereocenters. The third kappa shape index (κ3) is 5.80. The Kier molecular flexibility index (Phi) is 8.26. The third-order valence-corrected chi connectivity index (χ3v) is 3.21. The van der Waals surface area contributed by atoms with Crippen molar-refractivity contribution in [2.45, 2.75) is 32.1 Å². The van der Waals surface area contributed by atoms with Crippen LogP contribution in [0.5, 0.6) is 5.75 Å². The molecule has 1 aromatic rings. The van der Waals surface area contributed by atoms with Crippen LogP contribution in [0.15, 0.2) is 24.3 Å². The van der Waals surface area contributed by atoms with Crippen LogP contribution >= 0.6 is 12.4 Å². The fraction of sp³-hybridized carbons (Fsp3) is 0.533. The quantitative estimate of drug-likeness (QED) is 0.812. The molecule has 0 radical (unpaired) electrons. The van der Waals surface area contributed by atoms with Gasteiger partial charge in [-0.2, -0.15) is 0 Å². The fourth-order valence-electron chi connectivity index (χ4n) is 1.81. The minimum Gasteiger partial charge on any atom is -0.497 e. The first-order valence-electron chi connectivity index (χ1n) is 6.61. The van der Waals surface area contributed by atoms with E-state index in [9.17, 15) is 4.79 Å². The molecule has 0 bridgehead atoms. The van der Waals surface area contributed by atoms with Gasteiger partial charge >= 0.3 is 0 Å². The monoisotopic (exact) mass is 300 g/mol. The Hall–Kier alpha value is -1.26. The maximum atomic E-state index is 11.6. The lowest BCUT2D eigenvalue weighted by molar-refractivity contribution is -0.121. The highest BCUT2D eigenvalue weighted by molar-refractivity contribution is 5.85. The Morgan fingerprint density at radius 3 is 2.40 bits per heavy atom. The number of halogens is 1. The van der Waals surface area contributed by atoms with Crippen molar-refractivity contribution < 1.29 is 9.53 Å². The summed E-state index contributed by atoms with van der Waals surface area (Å²) in [6.07, 6.45) is 1.23. The van der Waals surface area contributed by atoms with Crippen LogP contribution < -0.4 is 15.8 Å². The molecular formula is C15H25ClN2O2. The van der Waals surface area contributed by atoms with Gasteiger partial charge in [-0.15, -0.1) is 12.4 Å². The van der Waals surface area contributed by atoms with Gasteiger partial charge in [-0.25, -0.2) is 0 Å². The molecule has 0 spiro atoms. The Morgan fingerprint density at radius 1 is 1.30 bits per heavy atom. The molecule has 0 aromatic heterocycles. The summed E-state index contributed by atoms with van der Waals surface area (Å²) >= 11 is 0. The number of benzene rings is 1. The van der Waals surface area contributed by atoms with E-state index >= 15 is 0 Å². The van der Waals surface area contributed by atoms with Gasteiger partial charge in [-0.05, 0) is 30.7 Å². The van der Waals surface area contributed by atoms with Crippen LogP contribution in [0.25, 0.3) is 0 Å². The molecule has 0 saturated heterocycles. The Balaban J connectivity index is 0.00000361. The van der Waals surface area contributed by atoms with E-state index in [1.807, 2.05) is 24.3 Å². The summed E-state index contributed by atoms with van der Waals surface area (Å²) in [5, 5.41) is 2.96. The van der Waals surface area contributed by atoms with E-state index in [0.29, 0.717) is 19.5 Å². The summed E-state index contributed by atoms with van der Waals surface area (Å²) in [5.41, 5.74) is 6.45. The van der Waals surface area contributed by atoms with Crippen LogP contribution in [-0.2, 0) is 10.2 Å². The van der Waals surface area contributed by atoms with Crippen molar-refractivity contribution in [3.63, 3.8) is 0 Å². The van der Waals surface area contributed by atoms with Crippen LogP contribution in [0.1, 0.15) is 32.3 Å². The highest BCUT2D eigenvalue weighted by atomic mass is 35.5. The summed E-state index contributed by atoms with van der Waals surface area (Å²) in [6.45, 7) is 5.38. The Bertz CT molecular complexity index is 405. The number of amides is 1. The van der Waals surface area contributed by atoms with E-state index in [1.165, 1.54) is 5.56 Å². The predicted molar refractivity (Wildman–Crippen MR) is 84.6 cm³/mol. The van der Waals surface area contributed by atoms with Crippen LogP contribution in [0, 0.1) is 0 Å². The summed E-state index contributed by atoms with van der Waals surface area (Å²) in [6, 6.07) is 7.94. The van der Waals surface area contributed by atoms with E-state index in [2.05, 4.69) is 19.2 Å². The van der Waals surface area contributed by atoms with Crippen molar-refractivity contribution >= 4 is 18.3 Å². The Labute approximate surface area is 127 Å². The molecule has 0 aliphatic carbocycles. The molecule has 114 valence electrons. The van der Waals surface area contributed by atoms with Crippen molar-refractivity contribution in [1.82, 2.24) is 5.32 Å². The van der Waals surface area contributed by atoms with E-state index in [4.69, 9.17) is 10.5 Å². The van der Waals surface area contributed by atoms with E-state index in [0.717, 1.165) is 12.2 Å². The number of nitrogens with one attached hydrogen (secondary N) is 1. The standard InChI is InChI=1S/C15H24N2O2.ClH/c1-15(2,11-17-14(18)5-4-10-16)12-6-8-13(19-3)9-7-12;/h6-9H,4-5,10-11,16H2,1-3H3,(H,17,18);1H. The molecule has 0 unspecified atom stereocenters. The second kappa shape index (κ2) is 8.82. The van der Waals surface area contributed by atoms with Gasteiger partial charge in [0.15, 0.2) is 0 Å². The largest absolute Gasteiger partial charge is 0.497 e. The maximum Gasteiger partial charge on any atom is 0.220 e. The zero-order chi connectivity index (χ0) is 14.3. The van der Waals surface area contributed by atoms with Crippen LogP contribution in [0.4, 0.5) is 0 Å². The molecule has 1 rings (SSSR count). The number of hydrogen-bond donors (Lipinski definition) is 2. The van der Waals surface area contributed by atoms with Crippen molar-refractivity contribution in [1.29, 1.82) is 0 Å². The fourth-order valence-corrected chi connectivity index (χ4v) is 1.81. The van der Waals surface area contributed by atoms with Gasteiger partial charge < -0.3 is 15.8 Å². The third-order valence-electron chi connectivity index (χ3n) is 3.21. The second-order valence-corrected chi connectivity index (χ2v) is 5.28. The molecular weight excluding hydrogens is 276 g/mol. The molecule has 1 amide bonds. The van der Waals surface area contributed by atoms with Gasteiger partial charge in [-0.3, -0.25) is 4.79 Å². The van der Waals surface area contributed by atoms with Gasteiger partial charge in [0.05, 0.1) is 7.11 Å². The van der Waals surface area contributed by atoms with Gasteiger partial charge in [0.2, 0.25) is 5.91 Å². The van der Waals surface area contributed by atoms with Gasteiger partial charge in [-0.1, -0.05) is 26.0 Å². The predicted octanol–water partition coefficient (Wildman–Crippen LogP) is 2.25. The molecule has 3 N–H and O–H groups in total. The van der Waals surface area contributed by atoms with Gasteiger partial charge in [0.1, 0.15) is 5.75 Å². The first-order chi connectivity index (χ1) is 8.99. The van der Waals surface area contributed by atoms with Crippen LogP contribution in [0.2, 0.25) is 0 Å². The topological polar surface area (TPSA) is 64.3 Å². The van der Waals surface area contributed by atoms with Crippen molar-refractivity contribution in [3.8, 4) is 5.75 Å². The number of nitrogens with two attached hydrogens (primary N) is 1. The SMILES string of the molecule is COc1ccc(C(C)(C)CNC(=O)CCCN)cc1.Cl. The lowest BCUT2D eigenvalue weighted by Crippen LogP contribution is -2.36. The van der Waals surface area contributed by atoms with Crippen molar-refractivity contribution in [3.05, 3.63) is 29.8 Å². The first kappa shape index (κ1) is 18.7. The molecule has 1 aromatic carbocycles. The molecule has 0 fully saturated rings. The molecule has 0 saturated carbocycles. The van der Waals surface area contributed by atoms with E-state index < -0.39 is 0 Å². The molecule has 0 aliphatic rings. The molecule has 0 heterocycles. The summed E-state index contributed by atoms with van der Waals surface area (Å²) in [5.74, 6) is 0.901. The minimum absolute atomic E-state index is 0. The number of methoxy groups -OCH3 is 1. The molecule has 4 nitrogen and oxygen atoms in total. The van der Waals surface area contributed by atoms with Gasteiger partial charge in [0.25, 0.3) is 0 Å². The molecule has 5 heteroatoms. The first-order valence-corrected chi connectivity index (χ1v) is 6.61. The number of ether oxygens (including phenoxy) is 1. The molecule has 20 heavy (non-hydrogen) atoms. The minimum atomic E-state index is -0.107. The lowest BCUT2D eigenvalue weighted by Gasteiger charge is -2.26. The summed E-state index contributed by atoms with van der Waals surface area (Å²) in [7, 11) is 1.65. The number of carbonyl (C=O) groups is 1. The van der Waals surface area contributed by atoms with Crippen molar-refractivity contribution in [2.24, 2.45) is 5.73 Å². The smallest absolute Gasteiger partial charge is 0.220 e. The normalized spacial score (nSPS) is 10.6. The highest BCUT2D eigenvalue weighted by Gasteiger charge is 2.21. The second-order valence-electron chi connectivity index (χ2n) is 5.28. The average Bonchev–Trinajstić information content (AvgIpc) is 2.43. The number of carbonyl (C=O) groups excluding carboxylic acids is 1. The zero-order valence-corrected chi connectivity index (χ0v) is 13.3. The summed E-state index contributed by atoms with van der Waals surface area (Å²) < 4.78 is 5.14. The number of rotatable bonds is 7. The maximum absolute atomic E-state index is 11.6. The van der Waals surface area contributed by atoms with Gasteiger partial charge in [0, 0.05) is 18.4 Å². The van der Waals surface area contributed by atoms with Crippen LogP contribution in [-0.4, -0.2) is 26.1 Å². The average molecular weight is 301 g/mol. The summed E-state index contributed by atoms with van der Waals surface area (Å²) in [4.78, 5) is 11.6. The lowest BCUT2D eigenvalue weighted by atomic mass is 9.84. The number of hydrogen-bond acceptors (Lipinski definition) is 3. The highest BCUT2D eigenvalue weighted by Crippen LogP contribution is 2.24. The van der Waals surface area contributed by atoms with Crippen molar-refractivity contribution in [2.75, 3.05) is 20.2 Å².